The number of nitro groups is 1. The molecule has 25 heavy (non-hydrogen) atoms. The summed E-state index contributed by atoms with van der Waals surface area (Å²) >= 11 is 0. The van der Waals surface area contributed by atoms with Crippen LogP contribution in [-0.4, -0.2) is 16.9 Å². The molecule has 132 valence electrons. The number of nitrogens with one attached hydrogen (secondary N) is 2. The normalized spacial score (nSPS) is 12.9. The molecular weight excluding hydrogens is 318 g/mol. The first-order valence-electron chi connectivity index (χ1n) is 8.33. The molecule has 6 nitrogen and oxygen atoms in total. The Kier molecular flexibility index (Phi) is 6.11. The fourth-order valence-corrected chi connectivity index (χ4v) is 2.44. The van der Waals surface area contributed by atoms with Gasteiger partial charge in [0.1, 0.15) is 11.7 Å². The third-order valence-corrected chi connectivity index (χ3v) is 4.23. The lowest BCUT2D eigenvalue weighted by Gasteiger charge is -2.16. The Hall–Kier alpha value is -2.89. The van der Waals surface area contributed by atoms with Crippen LogP contribution in [0.25, 0.3) is 0 Å². The molecule has 0 heterocycles. The quantitative estimate of drug-likeness (QED) is 0.571. The minimum absolute atomic E-state index is 0.124. The van der Waals surface area contributed by atoms with Gasteiger partial charge in [-0.1, -0.05) is 38.1 Å². The first kappa shape index (κ1) is 18.4. The molecule has 2 atom stereocenters. The highest BCUT2D eigenvalue weighted by atomic mass is 16.6. The molecule has 2 aromatic rings. The van der Waals surface area contributed by atoms with Crippen molar-refractivity contribution in [3.63, 3.8) is 0 Å². The Bertz CT molecular complexity index is 744. The van der Waals surface area contributed by atoms with E-state index >= 15 is 0 Å². The average Bonchev–Trinajstić information content (AvgIpc) is 2.61. The second-order valence-corrected chi connectivity index (χ2v) is 6.06. The predicted molar refractivity (Wildman–Crippen MR) is 100.0 cm³/mol. The van der Waals surface area contributed by atoms with Crippen LogP contribution in [0.15, 0.2) is 48.5 Å². The van der Waals surface area contributed by atoms with Gasteiger partial charge in [-0.3, -0.25) is 14.9 Å². The van der Waals surface area contributed by atoms with Gasteiger partial charge in [0.05, 0.1) is 4.92 Å². The molecule has 0 aliphatic carbocycles. The molecule has 1 amide bonds. The topological polar surface area (TPSA) is 84.3 Å². The van der Waals surface area contributed by atoms with Crippen LogP contribution in [-0.2, 0) is 4.79 Å². The molecule has 0 unspecified atom stereocenters. The standard InChI is InChI=1S/C19H23N3O3/c1-4-13(2)15-9-11-16(12-10-15)20-14(3)19(23)21-17-7-5-6-8-18(17)22(24)25/h5-14,20H,4H2,1-3H3,(H,21,23)/t13-,14-/m1/s1. The van der Waals surface area contributed by atoms with Crippen LogP contribution in [0.1, 0.15) is 38.7 Å². The van der Waals surface area contributed by atoms with Gasteiger partial charge in [0.25, 0.3) is 5.69 Å². The zero-order valence-electron chi connectivity index (χ0n) is 14.7. The van der Waals surface area contributed by atoms with Crippen LogP contribution in [0, 0.1) is 10.1 Å². The van der Waals surface area contributed by atoms with Gasteiger partial charge in [-0.15, -0.1) is 0 Å². The number of carbonyl (C=O) groups is 1. The lowest BCUT2D eigenvalue weighted by atomic mass is 9.98. The molecule has 6 heteroatoms. The summed E-state index contributed by atoms with van der Waals surface area (Å²) in [4.78, 5) is 22.8. The van der Waals surface area contributed by atoms with E-state index in [1.54, 1.807) is 19.1 Å². The van der Waals surface area contributed by atoms with Gasteiger partial charge in [-0.2, -0.15) is 0 Å². The van der Waals surface area contributed by atoms with Crippen LogP contribution in [0.5, 0.6) is 0 Å². The fraction of sp³-hybridized carbons (Fsp3) is 0.316. The Morgan fingerprint density at radius 2 is 1.76 bits per heavy atom. The Labute approximate surface area is 147 Å². The summed E-state index contributed by atoms with van der Waals surface area (Å²) in [5.74, 6) is 0.161. The molecular formula is C19H23N3O3. The zero-order valence-corrected chi connectivity index (χ0v) is 14.7. The van der Waals surface area contributed by atoms with E-state index in [1.807, 2.05) is 24.3 Å². The van der Waals surface area contributed by atoms with Crippen molar-refractivity contribution < 1.29 is 9.72 Å². The average molecular weight is 341 g/mol. The minimum atomic E-state index is -0.533. The van der Waals surface area contributed by atoms with Crippen molar-refractivity contribution in [2.75, 3.05) is 10.6 Å². The van der Waals surface area contributed by atoms with E-state index in [0.29, 0.717) is 5.92 Å². The molecule has 2 aromatic carbocycles. The summed E-state index contributed by atoms with van der Waals surface area (Å²) in [6.07, 6.45) is 1.07. The van der Waals surface area contributed by atoms with Crippen molar-refractivity contribution in [3.05, 3.63) is 64.2 Å². The number of carbonyl (C=O) groups excluding carboxylic acids is 1. The molecule has 0 aromatic heterocycles. The number of benzene rings is 2. The van der Waals surface area contributed by atoms with Gasteiger partial charge >= 0.3 is 0 Å². The predicted octanol–water partition coefficient (Wildman–Crippen LogP) is 4.55. The molecule has 0 aliphatic heterocycles. The van der Waals surface area contributed by atoms with Gasteiger partial charge in [0.2, 0.25) is 5.91 Å². The summed E-state index contributed by atoms with van der Waals surface area (Å²) < 4.78 is 0. The lowest BCUT2D eigenvalue weighted by molar-refractivity contribution is -0.383. The molecule has 0 aliphatic rings. The lowest BCUT2D eigenvalue weighted by Crippen LogP contribution is -2.32. The maximum absolute atomic E-state index is 12.3. The van der Waals surface area contributed by atoms with E-state index in [0.717, 1.165) is 12.1 Å². The number of para-hydroxylation sites is 2. The summed E-state index contributed by atoms with van der Waals surface area (Å²) in [7, 11) is 0. The highest BCUT2D eigenvalue weighted by Gasteiger charge is 2.18. The summed E-state index contributed by atoms with van der Waals surface area (Å²) in [5, 5.41) is 16.7. The molecule has 0 radical (unpaired) electrons. The van der Waals surface area contributed by atoms with E-state index in [2.05, 4.69) is 24.5 Å². The Morgan fingerprint density at radius 1 is 1.12 bits per heavy atom. The number of nitrogens with zero attached hydrogens (tertiary/aromatic N) is 1. The third kappa shape index (κ3) is 4.79. The van der Waals surface area contributed by atoms with Crippen molar-refractivity contribution >= 4 is 23.0 Å². The molecule has 0 bridgehead atoms. The van der Waals surface area contributed by atoms with E-state index in [9.17, 15) is 14.9 Å². The van der Waals surface area contributed by atoms with Crippen molar-refractivity contribution in [1.82, 2.24) is 0 Å². The van der Waals surface area contributed by atoms with Gasteiger partial charge < -0.3 is 10.6 Å². The summed E-state index contributed by atoms with van der Waals surface area (Å²) in [6, 6.07) is 13.5. The maximum atomic E-state index is 12.3. The van der Waals surface area contributed by atoms with Gasteiger partial charge in [0, 0.05) is 11.8 Å². The van der Waals surface area contributed by atoms with E-state index < -0.39 is 11.0 Å². The SMILES string of the molecule is CC[C@@H](C)c1ccc(N[C@H](C)C(=O)Nc2ccccc2[N+](=O)[O-])cc1. The molecule has 0 saturated heterocycles. The number of anilines is 2. The largest absolute Gasteiger partial charge is 0.374 e. The fourth-order valence-electron chi connectivity index (χ4n) is 2.44. The number of hydrogen-bond acceptors (Lipinski definition) is 4. The molecule has 2 N–H and O–H groups in total. The monoisotopic (exact) mass is 341 g/mol. The first-order chi connectivity index (χ1) is 11.9. The second kappa shape index (κ2) is 8.28. The van der Waals surface area contributed by atoms with Crippen molar-refractivity contribution in [2.24, 2.45) is 0 Å². The van der Waals surface area contributed by atoms with Crippen LogP contribution >= 0.6 is 0 Å². The highest BCUT2D eigenvalue weighted by molar-refractivity contribution is 5.97. The Morgan fingerprint density at radius 3 is 2.36 bits per heavy atom. The van der Waals surface area contributed by atoms with E-state index in [1.165, 1.54) is 17.7 Å². The maximum Gasteiger partial charge on any atom is 0.292 e. The molecule has 0 saturated carbocycles. The highest BCUT2D eigenvalue weighted by Crippen LogP contribution is 2.24. The van der Waals surface area contributed by atoms with Crippen LogP contribution in [0.2, 0.25) is 0 Å². The van der Waals surface area contributed by atoms with Crippen molar-refractivity contribution in [3.8, 4) is 0 Å². The third-order valence-electron chi connectivity index (χ3n) is 4.23. The van der Waals surface area contributed by atoms with E-state index in [-0.39, 0.29) is 17.3 Å². The van der Waals surface area contributed by atoms with Gasteiger partial charge in [-0.25, -0.2) is 0 Å². The summed E-state index contributed by atoms with van der Waals surface area (Å²) in [6.45, 7) is 6.03. The van der Waals surface area contributed by atoms with Gasteiger partial charge in [0.15, 0.2) is 0 Å². The van der Waals surface area contributed by atoms with Gasteiger partial charge in [-0.05, 0) is 43.0 Å². The van der Waals surface area contributed by atoms with Crippen molar-refractivity contribution in [1.29, 1.82) is 0 Å². The molecule has 0 spiro atoms. The molecule has 2 rings (SSSR count). The number of amides is 1. The van der Waals surface area contributed by atoms with Crippen LogP contribution in [0.4, 0.5) is 17.1 Å². The first-order valence-corrected chi connectivity index (χ1v) is 8.33. The second-order valence-electron chi connectivity index (χ2n) is 6.06. The summed E-state index contributed by atoms with van der Waals surface area (Å²) in [5.41, 5.74) is 2.15. The zero-order chi connectivity index (χ0) is 18.4. The number of nitro benzene ring substituents is 1. The minimum Gasteiger partial charge on any atom is -0.374 e. The van der Waals surface area contributed by atoms with Crippen LogP contribution in [0.3, 0.4) is 0 Å². The van der Waals surface area contributed by atoms with Crippen LogP contribution < -0.4 is 10.6 Å². The Balaban J connectivity index is 2.02. The number of rotatable bonds is 7. The number of hydrogen-bond donors (Lipinski definition) is 2. The smallest absolute Gasteiger partial charge is 0.292 e. The van der Waals surface area contributed by atoms with E-state index in [4.69, 9.17) is 0 Å². The van der Waals surface area contributed by atoms with Crippen molar-refractivity contribution in [2.45, 2.75) is 39.2 Å². The molecule has 0 fully saturated rings.